The van der Waals surface area contributed by atoms with Gasteiger partial charge in [-0.15, -0.1) is 0 Å². The highest BCUT2D eigenvalue weighted by atomic mass is 16.5. The molecular formula is C19H23N3O. The van der Waals surface area contributed by atoms with Gasteiger partial charge in [0.05, 0.1) is 12.3 Å². The predicted octanol–water partition coefficient (Wildman–Crippen LogP) is 3.46. The quantitative estimate of drug-likeness (QED) is 0.726. The topological polar surface area (TPSA) is 39.1 Å². The molecule has 4 heteroatoms. The fraction of sp³-hybridized carbons (Fsp3) is 0.316. The number of imidazole rings is 1. The largest absolute Gasteiger partial charge is 0.383 e. The number of rotatable bonds is 7. The number of nitrogens with zero attached hydrogens (tertiary/aromatic N) is 2. The number of fused-ring (bicyclic) bond motifs is 1. The molecule has 0 fully saturated rings. The first-order chi connectivity index (χ1) is 11.3. The van der Waals surface area contributed by atoms with Gasteiger partial charge in [0.1, 0.15) is 5.82 Å². The molecule has 3 rings (SSSR count). The Morgan fingerprint density at radius 2 is 1.96 bits per heavy atom. The SMILES string of the molecule is CCNCc1cn(CCOC)c(-c2cccc3ccccc23)n1. The lowest BCUT2D eigenvalue weighted by Gasteiger charge is -2.09. The third-order valence-corrected chi connectivity index (χ3v) is 3.95. The lowest BCUT2D eigenvalue weighted by atomic mass is 10.0. The Kier molecular flexibility index (Phi) is 5.05. The highest BCUT2D eigenvalue weighted by molar-refractivity contribution is 5.95. The number of methoxy groups -OCH3 is 1. The number of nitrogens with one attached hydrogen (secondary N) is 1. The second kappa shape index (κ2) is 7.40. The summed E-state index contributed by atoms with van der Waals surface area (Å²) in [6, 6.07) is 14.8. The summed E-state index contributed by atoms with van der Waals surface area (Å²) in [6.45, 7) is 5.30. The van der Waals surface area contributed by atoms with Crippen LogP contribution in [0.4, 0.5) is 0 Å². The van der Waals surface area contributed by atoms with Crippen molar-refractivity contribution in [2.75, 3.05) is 20.3 Å². The van der Waals surface area contributed by atoms with Crippen LogP contribution >= 0.6 is 0 Å². The number of ether oxygens (including phenoxy) is 1. The smallest absolute Gasteiger partial charge is 0.140 e. The molecule has 0 aliphatic carbocycles. The zero-order chi connectivity index (χ0) is 16.1. The van der Waals surface area contributed by atoms with Crippen molar-refractivity contribution < 1.29 is 4.74 Å². The molecule has 0 radical (unpaired) electrons. The summed E-state index contributed by atoms with van der Waals surface area (Å²) in [7, 11) is 1.73. The molecule has 1 aromatic heterocycles. The van der Waals surface area contributed by atoms with Crippen molar-refractivity contribution in [2.45, 2.75) is 20.0 Å². The molecule has 0 atom stereocenters. The summed E-state index contributed by atoms with van der Waals surface area (Å²) in [5, 5.41) is 5.81. The zero-order valence-corrected chi connectivity index (χ0v) is 13.7. The fourth-order valence-corrected chi connectivity index (χ4v) is 2.80. The molecule has 1 heterocycles. The van der Waals surface area contributed by atoms with Gasteiger partial charge < -0.3 is 14.6 Å². The first-order valence-electron chi connectivity index (χ1n) is 8.07. The van der Waals surface area contributed by atoms with Crippen LogP contribution in [0.1, 0.15) is 12.6 Å². The van der Waals surface area contributed by atoms with Gasteiger partial charge in [0.2, 0.25) is 0 Å². The fourth-order valence-electron chi connectivity index (χ4n) is 2.80. The van der Waals surface area contributed by atoms with Crippen LogP contribution in [0.15, 0.2) is 48.7 Å². The molecule has 0 aliphatic heterocycles. The normalized spacial score (nSPS) is 11.2. The Labute approximate surface area is 137 Å². The second-order valence-corrected chi connectivity index (χ2v) is 5.55. The minimum atomic E-state index is 0.675. The van der Waals surface area contributed by atoms with E-state index in [1.165, 1.54) is 16.3 Å². The van der Waals surface area contributed by atoms with Gasteiger partial charge in [-0.1, -0.05) is 49.4 Å². The van der Waals surface area contributed by atoms with Crippen LogP contribution in [-0.4, -0.2) is 29.8 Å². The maximum atomic E-state index is 5.25. The van der Waals surface area contributed by atoms with Crippen LogP contribution in [0.5, 0.6) is 0 Å². The summed E-state index contributed by atoms with van der Waals surface area (Å²) >= 11 is 0. The van der Waals surface area contributed by atoms with E-state index in [2.05, 4.69) is 65.5 Å². The Bertz CT molecular complexity index is 774. The van der Waals surface area contributed by atoms with Crippen LogP contribution in [0.25, 0.3) is 22.2 Å². The number of hydrogen-bond donors (Lipinski definition) is 1. The molecular weight excluding hydrogens is 286 g/mol. The predicted molar refractivity (Wildman–Crippen MR) is 94.4 cm³/mol. The Balaban J connectivity index is 2.06. The van der Waals surface area contributed by atoms with Crippen molar-refractivity contribution in [3.63, 3.8) is 0 Å². The molecule has 23 heavy (non-hydrogen) atoms. The molecule has 0 aliphatic rings. The van der Waals surface area contributed by atoms with Crippen molar-refractivity contribution >= 4 is 10.8 Å². The monoisotopic (exact) mass is 309 g/mol. The van der Waals surface area contributed by atoms with Gasteiger partial charge in [0.15, 0.2) is 0 Å². The molecule has 4 nitrogen and oxygen atoms in total. The van der Waals surface area contributed by atoms with E-state index in [1.807, 2.05) is 0 Å². The van der Waals surface area contributed by atoms with E-state index in [4.69, 9.17) is 9.72 Å². The lowest BCUT2D eigenvalue weighted by molar-refractivity contribution is 0.187. The van der Waals surface area contributed by atoms with Gasteiger partial charge in [-0.2, -0.15) is 0 Å². The molecule has 0 unspecified atom stereocenters. The molecule has 3 aromatic rings. The maximum absolute atomic E-state index is 5.25. The van der Waals surface area contributed by atoms with Crippen LogP contribution in [0.2, 0.25) is 0 Å². The zero-order valence-electron chi connectivity index (χ0n) is 13.7. The van der Waals surface area contributed by atoms with Gasteiger partial charge in [-0.25, -0.2) is 4.98 Å². The van der Waals surface area contributed by atoms with Gasteiger partial charge in [0.25, 0.3) is 0 Å². The average molecular weight is 309 g/mol. The van der Waals surface area contributed by atoms with Gasteiger partial charge in [-0.3, -0.25) is 0 Å². The molecule has 0 amide bonds. The van der Waals surface area contributed by atoms with Crippen LogP contribution in [0, 0.1) is 0 Å². The molecule has 120 valence electrons. The van der Waals surface area contributed by atoms with Crippen molar-refractivity contribution in [3.8, 4) is 11.4 Å². The van der Waals surface area contributed by atoms with Crippen molar-refractivity contribution in [3.05, 3.63) is 54.4 Å². The Hall–Kier alpha value is -2.17. The first kappa shape index (κ1) is 15.7. The van der Waals surface area contributed by atoms with Crippen LogP contribution in [-0.2, 0) is 17.8 Å². The van der Waals surface area contributed by atoms with E-state index in [0.29, 0.717) is 6.61 Å². The third-order valence-electron chi connectivity index (χ3n) is 3.95. The first-order valence-corrected chi connectivity index (χ1v) is 8.07. The Morgan fingerprint density at radius 3 is 2.78 bits per heavy atom. The van der Waals surface area contributed by atoms with E-state index in [-0.39, 0.29) is 0 Å². The number of aromatic nitrogens is 2. The summed E-state index contributed by atoms with van der Waals surface area (Å²) in [4.78, 5) is 4.87. The van der Waals surface area contributed by atoms with E-state index in [0.717, 1.165) is 31.2 Å². The third kappa shape index (κ3) is 3.44. The molecule has 0 saturated heterocycles. The number of benzene rings is 2. The highest BCUT2D eigenvalue weighted by Crippen LogP contribution is 2.28. The van der Waals surface area contributed by atoms with Gasteiger partial charge in [0, 0.05) is 32.0 Å². The van der Waals surface area contributed by atoms with Gasteiger partial charge >= 0.3 is 0 Å². The minimum absolute atomic E-state index is 0.675. The van der Waals surface area contributed by atoms with Crippen molar-refractivity contribution in [1.82, 2.24) is 14.9 Å². The molecule has 2 aromatic carbocycles. The molecule has 1 N–H and O–H groups in total. The summed E-state index contributed by atoms with van der Waals surface area (Å²) in [6.07, 6.45) is 2.12. The average Bonchev–Trinajstić information content (AvgIpc) is 3.00. The van der Waals surface area contributed by atoms with E-state index >= 15 is 0 Å². The van der Waals surface area contributed by atoms with E-state index in [1.54, 1.807) is 7.11 Å². The lowest BCUT2D eigenvalue weighted by Crippen LogP contribution is -2.11. The van der Waals surface area contributed by atoms with Gasteiger partial charge in [-0.05, 0) is 17.3 Å². The van der Waals surface area contributed by atoms with E-state index in [9.17, 15) is 0 Å². The molecule has 0 bridgehead atoms. The van der Waals surface area contributed by atoms with E-state index < -0.39 is 0 Å². The molecule has 0 spiro atoms. The van der Waals surface area contributed by atoms with Crippen LogP contribution in [0.3, 0.4) is 0 Å². The second-order valence-electron chi connectivity index (χ2n) is 5.55. The van der Waals surface area contributed by atoms with Crippen molar-refractivity contribution in [1.29, 1.82) is 0 Å². The van der Waals surface area contributed by atoms with Crippen molar-refractivity contribution in [2.24, 2.45) is 0 Å². The molecule has 0 saturated carbocycles. The standard InChI is InChI=1S/C19H23N3O/c1-3-20-13-16-14-22(11-12-23-2)19(21-16)18-10-6-8-15-7-4-5-9-17(15)18/h4-10,14,20H,3,11-13H2,1-2H3. The highest BCUT2D eigenvalue weighted by Gasteiger charge is 2.12. The summed E-state index contributed by atoms with van der Waals surface area (Å²) in [5.74, 6) is 1.01. The summed E-state index contributed by atoms with van der Waals surface area (Å²) in [5.41, 5.74) is 2.23. The van der Waals surface area contributed by atoms with Crippen LogP contribution < -0.4 is 5.32 Å². The Morgan fingerprint density at radius 1 is 1.13 bits per heavy atom. The maximum Gasteiger partial charge on any atom is 0.140 e. The summed E-state index contributed by atoms with van der Waals surface area (Å²) < 4.78 is 7.44. The minimum Gasteiger partial charge on any atom is -0.383 e. The number of hydrogen-bond acceptors (Lipinski definition) is 3.